The molecule has 0 unspecified atom stereocenters. The number of aryl methyl sites for hydroxylation is 1. The molecule has 0 saturated heterocycles. The normalized spacial score (nSPS) is 10.9. The van der Waals surface area contributed by atoms with Crippen LogP contribution in [0.25, 0.3) is 16.6 Å². The standard InChI is InChI=1S/C15H15N3/c1-2-5-14-16-10-11-18(14)15-13-7-4-3-6-12(13)8-9-17-15/h3-4,6-11H,2,5H2,1H3. The van der Waals surface area contributed by atoms with Crippen LogP contribution in [0.4, 0.5) is 0 Å². The van der Waals surface area contributed by atoms with E-state index in [0.717, 1.165) is 29.9 Å². The van der Waals surface area contributed by atoms with Crippen molar-refractivity contribution in [3.05, 3.63) is 54.7 Å². The number of hydrogen-bond donors (Lipinski definition) is 0. The maximum absolute atomic E-state index is 4.52. The first-order chi connectivity index (χ1) is 8.90. The highest BCUT2D eigenvalue weighted by molar-refractivity contribution is 5.88. The van der Waals surface area contributed by atoms with E-state index in [1.54, 1.807) is 0 Å². The Morgan fingerprint density at radius 1 is 1.06 bits per heavy atom. The molecule has 2 aromatic heterocycles. The fourth-order valence-corrected chi connectivity index (χ4v) is 2.23. The van der Waals surface area contributed by atoms with Gasteiger partial charge in [0.25, 0.3) is 0 Å². The maximum Gasteiger partial charge on any atom is 0.145 e. The summed E-state index contributed by atoms with van der Waals surface area (Å²) in [6.45, 7) is 2.16. The molecule has 0 aliphatic heterocycles. The average Bonchev–Trinajstić information content (AvgIpc) is 2.87. The summed E-state index contributed by atoms with van der Waals surface area (Å²) in [6.07, 6.45) is 7.74. The second-order valence-corrected chi connectivity index (χ2v) is 4.32. The molecule has 0 amide bonds. The van der Waals surface area contributed by atoms with E-state index in [4.69, 9.17) is 0 Å². The third-order valence-electron chi connectivity index (χ3n) is 3.07. The summed E-state index contributed by atoms with van der Waals surface area (Å²) < 4.78 is 2.09. The smallest absolute Gasteiger partial charge is 0.145 e. The molecule has 0 fully saturated rings. The quantitative estimate of drug-likeness (QED) is 0.699. The van der Waals surface area contributed by atoms with Crippen LogP contribution in [-0.2, 0) is 6.42 Å². The van der Waals surface area contributed by atoms with Gasteiger partial charge < -0.3 is 0 Å². The maximum atomic E-state index is 4.52. The van der Waals surface area contributed by atoms with E-state index in [2.05, 4.69) is 33.6 Å². The summed E-state index contributed by atoms with van der Waals surface area (Å²) in [7, 11) is 0. The van der Waals surface area contributed by atoms with Crippen molar-refractivity contribution >= 4 is 10.8 Å². The van der Waals surface area contributed by atoms with Gasteiger partial charge in [0.2, 0.25) is 0 Å². The van der Waals surface area contributed by atoms with Crippen LogP contribution in [0.15, 0.2) is 48.9 Å². The summed E-state index contributed by atoms with van der Waals surface area (Å²) >= 11 is 0. The monoisotopic (exact) mass is 237 g/mol. The van der Waals surface area contributed by atoms with Gasteiger partial charge in [0, 0.05) is 30.4 Å². The molecule has 0 bridgehead atoms. The number of benzene rings is 1. The molecule has 0 aliphatic rings. The van der Waals surface area contributed by atoms with E-state index in [-0.39, 0.29) is 0 Å². The summed E-state index contributed by atoms with van der Waals surface area (Å²) in [5.41, 5.74) is 0. The van der Waals surface area contributed by atoms with Crippen LogP contribution in [0.1, 0.15) is 19.2 Å². The topological polar surface area (TPSA) is 30.7 Å². The van der Waals surface area contributed by atoms with Gasteiger partial charge in [-0.1, -0.05) is 31.2 Å². The van der Waals surface area contributed by atoms with Crippen LogP contribution < -0.4 is 0 Å². The van der Waals surface area contributed by atoms with Crippen molar-refractivity contribution in [1.29, 1.82) is 0 Å². The van der Waals surface area contributed by atoms with Gasteiger partial charge in [-0.3, -0.25) is 4.57 Å². The molecular formula is C15H15N3. The molecule has 3 heteroatoms. The first kappa shape index (κ1) is 11.0. The number of imidazole rings is 1. The molecule has 2 heterocycles. The molecule has 3 nitrogen and oxygen atoms in total. The van der Waals surface area contributed by atoms with Crippen molar-refractivity contribution < 1.29 is 0 Å². The zero-order chi connectivity index (χ0) is 12.4. The summed E-state index contributed by atoms with van der Waals surface area (Å²) in [5, 5.41) is 2.37. The predicted molar refractivity (Wildman–Crippen MR) is 72.9 cm³/mol. The first-order valence-corrected chi connectivity index (χ1v) is 6.26. The van der Waals surface area contributed by atoms with Gasteiger partial charge >= 0.3 is 0 Å². The minimum Gasteiger partial charge on any atom is -0.287 e. The van der Waals surface area contributed by atoms with Crippen LogP contribution in [0.3, 0.4) is 0 Å². The summed E-state index contributed by atoms with van der Waals surface area (Å²) in [4.78, 5) is 8.93. The Balaban J connectivity index is 2.22. The SMILES string of the molecule is CCCc1nccn1-c1nccc2ccccc12. The Morgan fingerprint density at radius 2 is 1.94 bits per heavy atom. The van der Waals surface area contributed by atoms with Gasteiger partial charge in [0.15, 0.2) is 0 Å². The Morgan fingerprint density at radius 3 is 2.83 bits per heavy atom. The third kappa shape index (κ3) is 1.78. The lowest BCUT2D eigenvalue weighted by atomic mass is 10.1. The zero-order valence-electron chi connectivity index (χ0n) is 10.4. The van der Waals surface area contributed by atoms with Crippen LogP contribution in [-0.4, -0.2) is 14.5 Å². The number of pyridine rings is 1. The summed E-state index contributed by atoms with van der Waals surface area (Å²) in [5.74, 6) is 2.04. The van der Waals surface area contributed by atoms with Crippen LogP contribution in [0, 0.1) is 0 Å². The van der Waals surface area contributed by atoms with E-state index in [0.29, 0.717) is 0 Å². The second kappa shape index (κ2) is 4.61. The van der Waals surface area contributed by atoms with E-state index < -0.39 is 0 Å². The Labute approximate surface area is 106 Å². The number of rotatable bonds is 3. The van der Waals surface area contributed by atoms with E-state index in [1.807, 2.05) is 36.8 Å². The first-order valence-electron chi connectivity index (χ1n) is 6.26. The van der Waals surface area contributed by atoms with Crippen molar-refractivity contribution in [1.82, 2.24) is 14.5 Å². The molecule has 1 aromatic carbocycles. The van der Waals surface area contributed by atoms with Gasteiger partial charge in [-0.15, -0.1) is 0 Å². The van der Waals surface area contributed by atoms with Crippen molar-refractivity contribution in [2.24, 2.45) is 0 Å². The molecule has 0 aliphatic carbocycles. The molecule has 0 N–H and O–H groups in total. The highest BCUT2D eigenvalue weighted by Crippen LogP contribution is 2.21. The molecule has 90 valence electrons. The zero-order valence-corrected chi connectivity index (χ0v) is 10.4. The average molecular weight is 237 g/mol. The van der Waals surface area contributed by atoms with Crippen molar-refractivity contribution in [3.63, 3.8) is 0 Å². The van der Waals surface area contributed by atoms with Crippen LogP contribution in [0.2, 0.25) is 0 Å². The van der Waals surface area contributed by atoms with Crippen molar-refractivity contribution in [2.45, 2.75) is 19.8 Å². The molecule has 0 saturated carbocycles. The molecule has 0 spiro atoms. The van der Waals surface area contributed by atoms with Gasteiger partial charge in [-0.05, 0) is 17.9 Å². The van der Waals surface area contributed by atoms with Crippen molar-refractivity contribution in [2.75, 3.05) is 0 Å². The van der Waals surface area contributed by atoms with Crippen LogP contribution in [0.5, 0.6) is 0 Å². The highest BCUT2D eigenvalue weighted by atomic mass is 15.1. The Hall–Kier alpha value is -2.16. The van der Waals surface area contributed by atoms with Gasteiger partial charge in [0.1, 0.15) is 11.6 Å². The number of aromatic nitrogens is 3. The molecule has 0 atom stereocenters. The van der Waals surface area contributed by atoms with Gasteiger partial charge in [0.05, 0.1) is 0 Å². The molecule has 0 radical (unpaired) electrons. The lowest BCUT2D eigenvalue weighted by Gasteiger charge is -2.09. The Kier molecular flexibility index (Phi) is 2.81. The largest absolute Gasteiger partial charge is 0.287 e. The summed E-state index contributed by atoms with van der Waals surface area (Å²) in [6, 6.07) is 10.3. The van der Waals surface area contributed by atoms with E-state index in [1.165, 1.54) is 5.39 Å². The molecule has 18 heavy (non-hydrogen) atoms. The number of nitrogens with zero attached hydrogens (tertiary/aromatic N) is 3. The fourth-order valence-electron chi connectivity index (χ4n) is 2.23. The fraction of sp³-hybridized carbons (Fsp3) is 0.200. The lowest BCUT2D eigenvalue weighted by Crippen LogP contribution is -2.03. The third-order valence-corrected chi connectivity index (χ3v) is 3.07. The molecule has 3 aromatic rings. The Bertz CT molecular complexity index is 665. The minimum absolute atomic E-state index is 0.967. The van der Waals surface area contributed by atoms with E-state index >= 15 is 0 Å². The molecule has 3 rings (SSSR count). The highest BCUT2D eigenvalue weighted by Gasteiger charge is 2.08. The van der Waals surface area contributed by atoms with Gasteiger partial charge in [-0.25, -0.2) is 9.97 Å². The predicted octanol–water partition coefficient (Wildman–Crippen LogP) is 3.37. The minimum atomic E-state index is 0.967. The van der Waals surface area contributed by atoms with Crippen LogP contribution >= 0.6 is 0 Å². The number of hydrogen-bond acceptors (Lipinski definition) is 2. The van der Waals surface area contributed by atoms with Crippen molar-refractivity contribution in [3.8, 4) is 5.82 Å². The number of fused-ring (bicyclic) bond motifs is 1. The molecular weight excluding hydrogens is 222 g/mol. The second-order valence-electron chi connectivity index (χ2n) is 4.32. The van der Waals surface area contributed by atoms with E-state index in [9.17, 15) is 0 Å². The van der Waals surface area contributed by atoms with Gasteiger partial charge in [-0.2, -0.15) is 0 Å². The lowest BCUT2D eigenvalue weighted by molar-refractivity contribution is 0.801.